The first-order valence-corrected chi connectivity index (χ1v) is 8.39. The number of hydrogen-bond acceptors (Lipinski definition) is 3. The number of β-amino-alcohol motifs (C(OH)–C–C–N with tert-alkyl or cyclic N) is 1. The maximum absolute atomic E-state index is 12.3. The molecule has 1 aliphatic rings. The molecule has 0 aliphatic carbocycles. The molecule has 0 radical (unpaired) electrons. The zero-order valence-corrected chi connectivity index (χ0v) is 13.9. The lowest BCUT2D eigenvalue weighted by Crippen LogP contribution is -2.50. The minimum Gasteiger partial charge on any atom is -0.392 e. The van der Waals surface area contributed by atoms with Crippen molar-refractivity contribution in [2.75, 3.05) is 32.7 Å². The molecular weight excluding hydrogens is 300 g/mol. The van der Waals surface area contributed by atoms with E-state index in [0.717, 1.165) is 44.6 Å². The average molecular weight is 325 g/mol. The number of aliphatic hydroxyl groups excluding tert-OH is 1. The molecule has 0 unspecified atom stereocenters. The van der Waals surface area contributed by atoms with Crippen LogP contribution in [-0.4, -0.2) is 59.6 Å². The van der Waals surface area contributed by atoms with Crippen molar-refractivity contribution in [3.63, 3.8) is 0 Å². The van der Waals surface area contributed by atoms with Crippen LogP contribution in [-0.2, 0) is 11.2 Å². The van der Waals surface area contributed by atoms with E-state index in [1.165, 1.54) is 0 Å². The third-order valence-corrected chi connectivity index (χ3v) is 4.42. The Morgan fingerprint density at radius 3 is 2.68 bits per heavy atom. The van der Waals surface area contributed by atoms with Gasteiger partial charge in [-0.3, -0.25) is 9.69 Å². The number of aryl methyl sites for hydroxylation is 1. The number of piperazine rings is 1. The monoisotopic (exact) mass is 324 g/mol. The Balaban J connectivity index is 1.73. The van der Waals surface area contributed by atoms with Gasteiger partial charge < -0.3 is 10.0 Å². The molecule has 1 heterocycles. The molecule has 1 N–H and O–H groups in total. The van der Waals surface area contributed by atoms with E-state index in [9.17, 15) is 9.90 Å². The SMILES string of the molecule is CC[C@@H](O)CN1CCN(C(=O)CCc2cccc(Cl)c2)CC1. The van der Waals surface area contributed by atoms with Gasteiger partial charge in [0.05, 0.1) is 6.10 Å². The van der Waals surface area contributed by atoms with Gasteiger partial charge >= 0.3 is 0 Å². The lowest BCUT2D eigenvalue weighted by molar-refractivity contribution is -0.133. The Morgan fingerprint density at radius 1 is 1.32 bits per heavy atom. The molecule has 2 rings (SSSR count). The molecule has 1 aliphatic heterocycles. The molecule has 1 atom stereocenters. The second kappa shape index (κ2) is 8.51. The van der Waals surface area contributed by atoms with Crippen molar-refractivity contribution in [3.05, 3.63) is 34.9 Å². The Morgan fingerprint density at radius 2 is 2.05 bits per heavy atom. The second-order valence-electron chi connectivity index (χ2n) is 5.87. The fourth-order valence-electron chi connectivity index (χ4n) is 2.71. The summed E-state index contributed by atoms with van der Waals surface area (Å²) in [4.78, 5) is 16.4. The van der Waals surface area contributed by atoms with Crippen molar-refractivity contribution in [1.29, 1.82) is 0 Å². The number of amides is 1. The minimum atomic E-state index is -0.259. The normalized spacial score (nSPS) is 17.5. The Kier molecular flexibility index (Phi) is 6.68. The van der Waals surface area contributed by atoms with Crippen LogP contribution in [0.5, 0.6) is 0 Å². The zero-order valence-electron chi connectivity index (χ0n) is 13.2. The minimum absolute atomic E-state index is 0.204. The molecule has 1 aromatic rings. The van der Waals surface area contributed by atoms with Gasteiger partial charge in [-0.15, -0.1) is 0 Å². The van der Waals surface area contributed by atoms with Crippen LogP contribution in [0.1, 0.15) is 25.3 Å². The third kappa shape index (κ3) is 5.27. The first kappa shape index (κ1) is 17.3. The lowest BCUT2D eigenvalue weighted by atomic mass is 10.1. The van der Waals surface area contributed by atoms with Gasteiger partial charge in [-0.05, 0) is 30.5 Å². The number of rotatable bonds is 6. The number of hydrogen-bond donors (Lipinski definition) is 1. The van der Waals surface area contributed by atoms with Crippen molar-refractivity contribution in [1.82, 2.24) is 9.80 Å². The molecule has 0 aromatic heterocycles. The van der Waals surface area contributed by atoms with Crippen LogP contribution in [0.3, 0.4) is 0 Å². The van der Waals surface area contributed by atoms with Crippen molar-refractivity contribution in [3.8, 4) is 0 Å². The Bertz CT molecular complexity index is 487. The molecule has 0 bridgehead atoms. The van der Waals surface area contributed by atoms with Crippen molar-refractivity contribution in [2.24, 2.45) is 0 Å². The summed E-state index contributed by atoms with van der Waals surface area (Å²) in [5.74, 6) is 0.204. The molecule has 1 aromatic carbocycles. The van der Waals surface area contributed by atoms with Gasteiger partial charge in [0, 0.05) is 44.2 Å². The smallest absolute Gasteiger partial charge is 0.222 e. The summed E-state index contributed by atoms with van der Waals surface area (Å²) in [5, 5.41) is 10.4. The summed E-state index contributed by atoms with van der Waals surface area (Å²) < 4.78 is 0. The van der Waals surface area contributed by atoms with E-state index in [0.29, 0.717) is 18.0 Å². The fourth-order valence-corrected chi connectivity index (χ4v) is 2.92. The molecule has 0 spiro atoms. The molecule has 1 saturated heterocycles. The fraction of sp³-hybridized carbons (Fsp3) is 0.588. The van der Waals surface area contributed by atoms with E-state index in [4.69, 9.17) is 11.6 Å². The van der Waals surface area contributed by atoms with Gasteiger partial charge in [0.1, 0.15) is 0 Å². The first-order valence-electron chi connectivity index (χ1n) is 8.01. The van der Waals surface area contributed by atoms with Crippen LogP contribution < -0.4 is 0 Å². The summed E-state index contributed by atoms with van der Waals surface area (Å²) in [6, 6.07) is 7.68. The predicted molar refractivity (Wildman–Crippen MR) is 89.1 cm³/mol. The Labute approximate surface area is 137 Å². The number of halogens is 1. The topological polar surface area (TPSA) is 43.8 Å². The van der Waals surface area contributed by atoms with Gasteiger partial charge in [-0.2, -0.15) is 0 Å². The molecule has 1 amide bonds. The maximum atomic E-state index is 12.3. The van der Waals surface area contributed by atoms with Crippen LogP contribution in [0.4, 0.5) is 0 Å². The van der Waals surface area contributed by atoms with Crippen molar-refractivity contribution >= 4 is 17.5 Å². The Hall–Kier alpha value is -1.10. The van der Waals surface area contributed by atoms with E-state index in [-0.39, 0.29) is 12.0 Å². The van der Waals surface area contributed by atoms with E-state index >= 15 is 0 Å². The maximum Gasteiger partial charge on any atom is 0.222 e. The molecule has 22 heavy (non-hydrogen) atoms. The summed E-state index contributed by atoms with van der Waals surface area (Å²) in [7, 11) is 0. The van der Waals surface area contributed by atoms with E-state index in [2.05, 4.69) is 4.90 Å². The lowest BCUT2D eigenvalue weighted by Gasteiger charge is -2.35. The highest BCUT2D eigenvalue weighted by atomic mass is 35.5. The van der Waals surface area contributed by atoms with Crippen LogP contribution >= 0.6 is 11.6 Å². The van der Waals surface area contributed by atoms with Crippen LogP contribution in [0.2, 0.25) is 5.02 Å². The highest BCUT2D eigenvalue weighted by Gasteiger charge is 2.21. The largest absolute Gasteiger partial charge is 0.392 e. The third-order valence-electron chi connectivity index (χ3n) is 4.18. The van der Waals surface area contributed by atoms with Crippen molar-refractivity contribution < 1.29 is 9.90 Å². The molecular formula is C17H25ClN2O2. The molecule has 122 valence electrons. The van der Waals surface area contributed by atoms with Crippen LogP contribution in [0.15, 0.2) is 24.3 Å². The molecule has 4 nitrogen and oxygen atoms in total. The van der Waals surface area contributed by atoms with E-state index < -0.39 is 0 Å². The van der Waals surface area contributed by atoms with E-state index in [1.54, 1.807) is 0 Å². The quantitative estimate of drug-likeness (QED) is 0.872. The number of aliphatic hydroxyl groups is 1. The van der Waals surface area contributed by atoms with Gasteiger partial charge in [-0.25, -0.2) is 0 Å². The zero-order chi connectivity index (χ0) is 15.9. The average Bonchev–Trinajstić information content (AvgIpc) is 2.53. The van der Waals surface area contributed by atoms with Crippen molar-refractivity contribution in [2.45, 2.75) is 32.3 Å². The van der Waals surface area contributed by atoms with Gasteiger partial charge in [0.2, 0.25) is 5.91 Å². The highest BCUT2D eigenvalue weighted by molar-refractivity contribution is 6.30. The molecule has 1 fully saturated rings. The molecule has 5 heteroatoms. The number of carbonyl (C=O) groups excluding carboxylic acids is 1. The summed E-state index contributed by atoms with van der Waals surface area (Å²) in [5.41, 5.74) is 1.10. The standard InChI is InChI=1S/C17H25ClN2O2/c1-2-16(21)13-19-8-10-20(11-9-19)17(22)7-6-14-4-3-5-15(18)12-14/h3-5,12,16,21H,2,6-11,13H2,1H3/t16-/m1/s1. The first-order chi connectivity index (χ1) is 10.6. The van der Waals surface area contributed by atoms with Crippen LogP contribution in [0.25, 0.3) is 0 Å². The predicted octanol–water partition coefficient (Wildman–Crippen LogP) is 2.19. The van der Waals surface area contributed by atoms with E-state index in [1.807, 2.05) is 36.1 Å². The number of nitrogens with zero attached hydrogens (tertiary/aromatic N) is 2. The number of benzene rings is 1. The van der Waals surface area contributed by atoms with Gasteiger partial charge in [0.15, 0.2) is 0 Å². The van der Waals surface area contributed by atoms with Gasteiger partial charge in [0.25, 0.3) is 0 Å². The van der Waals surface area contributed by atoms with Gasteiger partial charge in [-0.1, -0.05) is 30.7 Å². The highest BCUT2D eigenvalue weighted by Crippen LogP contribution is 2.13. The number of carbonyl (C=O) groups is 1. The second-order valence-corrected chi connectivity index (χ2v) is 6.31. The summed E-state index contributed by atoms with van der Waals surface area (Å²) in [6.45, 7) is 5.90. The summed E-state index contributed by atoms with van der Waals surface area (Å²) >= 11 is 5.96. The molecule has 0 saturated carbocycles. The van der Waals surface area contributed by atoms with Crippen LogP contribution in [0, 0.1) is 0 Å². The summed E-state index contributed by atoms with van der Waals surface area (Å²) in [6.07, 6.45) is 1.77.